The zero-order chi connectivity index (χ0) is 26.6. The summed E-state index contributed by atoms with van der Waals surface area (Å²) in [5.74, 6) is -1.23. The smallest absolute Gasteiger partial charge is 0.277 e. The summed E-state index contributed by atoms with van der Waals surface area (Å²) in [7, 11) is 1.69. The Kier molecular flexibility index (Phi) is 6.95. The van der Waals surface area contributed by atoms with Gasteiger partial charge in [-0.1, -0.05) is 78.9 Å². The lowest BCUT2D eigenvalue weighted by Crippen LogP contribution is -2.56. The van der Waals surface area contributed by atoms with Gasteiger partial charge in [0.1, 0.15) is 6.67 Å². The lowest BCUT2D eigenvalue weighted by molar-refractivity contribution is 0.0629. The van der Waals surface area contributed by atoms with Crippen LogP contribution in [0.15, 0.2) is 108 Å². The molecular formula is C30H28N4O4. The van der Waals surface area contributed by atoms with E-state index in [4.69, 9.17) is 0 Å². The van der Waals surface area contributed by atoms with Crippen molar-refractivity contribution >= 4 is 11.8 Å². The van der Waals surface area contributed by atoms with Crippen molar-refractivity contribution in [2.24, 2.45) is 0 Å². The average molecular weight is 509 g/mol. The molecule has 1 aromatic heterocycles. The summed E-state index contributed by atoms with van der Waals surface area (Å²) in [4.78, 5) is 41.9. The van der Waals surface area contributed by atoms with Crippen molar-refractivity contribution in [3.63, 3.8) is 0 Å². The first-order valence-electron chi connectivity index (χ1n) is 12.4. The number of benzene rings is 3. The van der Waals surface area contributed by atoms with Crippen molar-refractivity contribution < 1.29 is 14.7 Å². The Morgan fingerprint density at radius 1 is 0.868 bits per heavy atom. The summed E-state index contributed by atoms with van der Waals surface area (Å²) >= 11 is 0. The van der Waals surface area contributed by atoms with Crippen molar-refractivity contribution in [3.8, 4) is 5.75 Å². The lowest BCUT2D eigenvalue weighted by atomic mass is 9.98. The topological polar surface area (TPSA) is 86.1 Å². The van der Waals surface area contributed by atoms with Gasteiger partial charge in [-0.2, -0.15) is 0 Å². The molecule has 2 heterocycles. The summed E-state index contributed by atoms with van der Waals surface area (Å²) in [5, 5.41) is 12.7. The molecule has 0 atom stereocenters. The third-order valence-corrected chi connectivity index (χ3v) is 6.74. The van der Waals surface area contributed by atoms with Gasteiger partial charge in [0.2, 0.25) is 5.43 Å². The molecule has 1 aliphatic rings. The molecular weight excluding hydrogens is 480 g/mol. The second-order valence-electron chi connectivity index (χ2n) is 9.19. The minimum Gasteiger partial charge on any atom is -0.502 e. The van der Waals surface area contributed by atoms with Crippen LogP contribution in [-0.4, -0.2) is 58.2 Å². The number of carbonyl (C=O) groups excluding carboxylic acids is 2. The molecule has 3 aromatic carbocycles. The van der Waals surface area contributed by atoms with E-state index in [1.807, 2.05) is 71.7 Å². The van der Waals surface area contributed by atoms with Crippen LogP contribution in [0.1, 0.15) is 38.0 Å². The van der Waals surface area contributed by atoms with Crippen LogP contribution in [-0.2, 0) is 0 Å². The van der Waals surface area contributed by atoms with E-state index < -0.39 is 17.1 Å². The first-order chi connectivity index (χ1) is 18.5. The van der Waals surface area contributed by atoms with Crippen LogP contribution in [0.25, 0.3) is 0 Å². The molecule has 0 fully saturated rings. The van der Waals surface area contributed by atoms with Gasteiger partial charge < -0.3 is 14.9 Å². The minimum absolute atomic E-state index is 0.0994. The molecule has 1 N–H and O–H groups in total. The Bertz CT molecular complexity index is 1450. The highest BCUT2D eigenvalue weighted by Crippen LogP contribution is 2.31. The van der Waals surface area contributed by atoms with E-state index in [9.17, 15) is 19.5 Å². The number of pyridine rings is 1. The van der Waals surface area contributed by atoms with Gasteiger partial charge >= 0.3 is 0 Å². The van der Waals surface area contributed by atoms with Crippen LogP contribution in [0.2, 0.25) is 0 Å². The number of fused-ring (bicyclic) bond motifs is 1. The number of hydrogen-bond donors (Lipinski definition) is 1. The molecule has 0 radical (unpaired) electrons. The van der Waals surface area contributed by atoms with E-state index in [0.717, 1.165) is 11.1 Å². The van der Waals surface area contributed by atoms with Crippen molar-refractivity contribution in [3.05, 3.63) is 136 Å². The fourth-order valence-corrected chi connectivity index (χ4v) is 4.75. The fraction of sp³-hybridized carbons (Fsp3) is 0.167. The van der Waals surface area contributed by atoms with Crippen LogP contribution in [0, 0.1) is 0 Å². The lowest BCUT2D eigenvalue weighted by Gasteiger charge is -2.44. The Labute approximate surface area is 220 Å². The molecule has 8 heteroatoms. The van der Waals surface area contributed by atoms with Gasteiger partial charge in [-0.15, -0.1) is 0 Å². The second kappa shape index (κ2) is 10.6. The van der Waals surface area contributed by atoms with E-state index in [1.54, 1.807) is 45.8 Å². The Balaban J connectivity index is 1.52. The highest BCUT2D eigenvalue weighted by Gasteiger charge is 2.36. The summed E-state index contributed by atoms with van der Waals surface area (Å²) in [5.41, 5.74) is 1.79. The normalized spacial score (nSPS) is 12.9. The standard InChI is InChI=1S/C30H28N4O4/c1-31(29(37)24-15-9-4-10-16-24)19-20-32-21-34(33-18-17-25(35)28(36)27(33)30(32)38)26(22-11-5-2-6-12-22)23-13-7-3-8-14-23/h2-18,26,36H,19-21H2,1H3. The van der Waals surface area contributed by atoms with Crippen LogP contribution in [0.4, 0.5) is 0 Å². The van der Waals surface area contributed by atoms with Crippen LogP contribution in [0.3, 0.4) is 0 Å². The summed E-state index contributed by atoms with van der Waals surface area (Å²) < 4.78 is 1.57. The van der Waals surface area contributed by atoms with Gasteiger partial charge in [0.15, 0.2) is 11.4 Å². The van der Waals surface area contributed by atoms with Gasteiger partial charge in [-0.3, -0.25) is 24.1 Å². The molecule has 0 saturated carbocycles. The molecule has 38 heavy (non-hydrogen) atoms. The number of nitrogens with zero attached hydrogens (tertiary/aromatic N) is 4. The van der Waals surface area contributed by atoms with Gasteiger partial charge in [-0.05, 0) is 23.3 Å². The molecule has 0 saturated heterocycles. The molecule has 0 bridgehead atoms. The molecule has 8 nitrogen and oxygen atoms in total. The van der Waals surface area contributed by atoms with E-state index >= 15 is 0 Å². The van der Waals surface area contributed by atoms with Crippen molar-refractivity contribution in [1.82, 2.24) is 14.5 Å². The van der Waals surface area contributed by atoms with Crippen molar-refractivity contribution in [2.45, 2.75) is 6.04 Å². The molecule has 0 aliphatic carbocycles. The maximum absolute atomic E-state index is 13.6. The molecule has 0 spiro atoms. The zero-order valence-electron chi connectivity index (χ0n) is 21.0. The monoisotopic (exact) mass is 508 g/mol. The number of amides is 2. The van der Waals surface area contributed by atoms with E-state index in [-0.39, 0.29) is 37.4 Å². The predicted octanol–water partition coefficient (Wildman–Crippen LogP) is 3.47. The molecule has 2 amide bonds. The Morgan fingerprint density at radius 2 is 1.42 bits per heavy atom. The highest BCUT2D eigenvalue weighted by molar-refractivity contribution is 5.96. The molecule has 1 aliphatic heterocycles. The number of aromatic hydroxyl groups is 1. The Hall–Kier alpha value is -4.85. The summed E-state index contributed by atoms with van der Waals surface area (Å²) in [6.45, 7) is 0.658. The zero-order valence-corrected chi connectivity index (χ0v) is 21.0. The summed E-state index contributed by atoms with van der Waals surface area (Å²) in [6.07, 6.45) is 1.52. The maximum Gasteiger partial charge on any atom is 0.277 e. The third-order valence-electron chi connectivity index (χ3n) is 6.74. The molecule has 5 rings (SSSR count). The molecule has 0 unspecified atom stereocenters. The van der Waals surface area contributed by atoms with Crippen molar-refractivity contribution in [1.29, 1.82) is 0 Å². The number of aromatic nitrogens is 1. The van der Waals surface area contributed by atoms with Gasteiger partial charge in [0.05, 0.1) is 6.04 Å². The first-order valence-corrected chi connectivity index (χ1v) is 12.4. The second-order valence-corrected chi connectivity index (χ2v) is 9.19. The minimum atomic E-state index is -0.626. The van der Waals surface area contributed by atoms with Gasteiger partial charge in [0.25, 0.3) is 11.8 Å². The molecule has 4 aromatic rings. The van der Waals surface area contributed by atoms with E-state index in [2.05, 4.69) is 0 Å². The number of likely N-dealkylation sites (N-methyl/N-ethyl adjacent to an activating group) is 1. The first kappa shape index (κ1) is 24.8. The van der Waals surface area contributed by atoms with Crippen LogP contribution in [0.5, 0.6) is 5.75 Å². The number of rotatable bonds is 7. The predicted molar refractivity (Wildman–Crippen MR) is 145 cm³/mol. The number of hydrogen-bond acceptors (Lipinski definition) is 5. The third kappa shape index (κ3) is 4.76. The van der Waals surface area contributed by atoms with Gasteiger partial charge in [0, 0.05) is 38.0 Å². The maximum atomic E-state index is 13.6. The highest BCUT2D eigenvalue weighted by atomic mass is 16.3. The van der Waals surface area contributed by atoms with Crippen LogP contribution >= 0.6 is 0 Å². The van der Waals surface area contributed by atoms with Crippen molar-refractivity contribution in [2.75, 3.05) is 31.8 Å². The largest absolute Gasteiger partial charge is 0.502 e. The average Bonchev–Trinajstić information content (AvgIpc) is 2.96. The number of carbonyl (C=O) groups is 2. The van der Waals surface area contributed by atoms with Crippen LogP contribution < -0.4 is 10.4 Å². The molecule has 192 valence electrons. The SMILES string of the molecule is CN(CCN1CN(C(c2ccccc2)c2ccccc2)n2ccc(=O)c(O)c2C1=O)C(=O)c1ccccc1. The van der Waals surface area contributed by atoms with E-state index in [0.29, 0.717) is 5.56 Å². The fourth-order valence-electron chi connectivity index (χ4n) is 4.75. The van der Waals surface area contributed by atoms with E-state index in [1.165, 1.54) is 12.3 Å². The quantitative estimate of drug-likeness (QED) is 0.413. The Morgan fingerprint density at radius 3 is 2.00 bits per heavy atom. The van der Waals surface area contributed by atoms with Gasteiger partial charge in [-0.25, -0.2) is 0 Å². The summed E-state index contributed by atoms with van der Waals surface area (Å²) in [6, 6.07) is 29.6.